The SMILES string of the molecule is COc1ccc(C)cc1CNc1cccc(OCC#N)c1. The highest BCUT2D eigenvalue weighted by molar-refractivity contribution is 5.49. The summed E-state index contributed by atoms with van der Waals surface area (Å²) in [5, 5.41) is 11.9. The number of anilines is 1. The number of hydrogen-bond donors (Lipinski definition) is 1. The molecule has 0 aliphatic rings. The van der Waals surface area contributed by atoms with Gasteiger partial charge in [-0.25, -0.2) is 0 Å². The van der Waals surface area contributed by atoms with Crippen LogP contribution in [0.4, 0.5) is 5.69 Å². The van der Waals surface area contributed by atoms with Crippen molar-refractivity contribution in [3.8, 4) is 17.6 Å². The fourth-order valence-electron chi connectivity index (χ4n) is 2.05. The molecule has 0 spiro atoms. The second-order valence-electron chi connectivity index (χ2n) is 4.64. The molecule has 108 valence electrons. The molecule has 1 N–H and O–H groups in total. The highest BCUT2D eigenvalue weighted by Crippen LogP contribution is 2.22. The van der Waals surface area contributed by atoms with Gasteiger partial charge in [0.05, 0.1) is 7.11 Å². The minimum atomic E-state index is 0.0508. The monoisotopic (exact) mass is 282 g/mol. The summed E-state index contributed by atoms with van der Waals surface area (Å²) in [5.74, 6) is 1.54. The normalized spacial score (nSPS) is 9.76. The van der Waals surface area contributed by atoms with Crippen LogP contribution in [0, 0.1) is 18.3 Å². The van der Waals surface area contributed by atoms with Crippen LogP contribution in [0.15, 0.2) is 42.5 Å². The van der Waals surface area contributed by atoms with Gasteiger partial charge >= 0.3 is 0 Å². The first-order valence-electron chi connectivity index (χ1n) is 6.70. The lowest BCUT2D eigenvalue weighted by atomic mass is 10.1. The average molecular weight is 282 g/mol. The molecule has 0 aromatic heterocycles. The molecule has 4 heteroatoms. The second-order valence-corrected chi connectivity index (χ2v) is 4.64. The first-order valence-corrected chi connectivity index (χ1v) is 6.70. The summed E-state index contributed by atoms with van der Waals surface area (Å²) in [6, 6.07) is 15.6. The summed E-state index contributed by atoms with van der Waals surface area (Å²) in [7, 11) is 1.67. The van der Waals surface area contributed by atoms with Crippen LogP contribution >= 0.6 is 0 Å². The van der Waals surface area contributed by atoms with Crippen molar-refractivity contribution in [3.63, 3.8) is 0 Å². The van der Waals surface area contributed by atoms with Gasteiger partial charge in [-0.1, -0.05) is 23.8 Å². The Hall–Kier alpha value is -2.67. The number of aryl methyl sites for hydroxylation is 1. The number of ether oxygens (including phenoxy) is 2. The van der Waals surface area contributed by atoms with Gasteiger partial charge in [-0.05, 0) is 25.1 Å². The molecular formula is C17H18N2O2. The Morgan fingerprint density at radius 1 is 1.19 bits per heavy atom. The third kappa shape index (κ3) is 4.15. The fourth-order valence-corrected chi connectivity index (χ4v) is 2.05. The van der Waals surface area contributed by atoms with E-state index in [1.54, 1.807) is 7.11 Å². The molecule has 2 aromatic rings. The Bertz CT molecular complexity index is 647. The van der Waals surface area contributed by atoms with Gasteiger partial charge in [-0.2, -0.15) is 5.26 Å². The number of nitrogens with zero attached hydrogens (tertiary/aromatic N) is 1. The first-order chi connectivity index (χ1) is 10.2. The number of rotatable bonds is 6. The fraction of sp³-hybridized carbons (Fsp3) is 0.235. The lowest BCUT2D eigenvalue weighted by molar-refractivity contribution is 0.368. The number of methoxy groups -OCH3 is 1. The summed E-state index contributed by atoms with van der Waals surface area (Å²) in [5.41, 5.74) is 3.23. The van der Waals surface area contributed by atoms with Gasteiger partial charge in [0, 0.05) is 23.9 Å². The smallest absolute Gasteiger partial charge is 0.174 e. The van der Waals surface area contributed by atoms with Crippen molar-refractivity contribution in [3.05, 3.63) is 53.6 Å². The third-order valence-corrected chi connectivity index (χ3v) is 3.06. The minimum absolute atomic E-state index is 0.0508. The van der Waals surface area contributed by atoms with Crippen LogP contribution in [-0.2, 0) is 6.54 Å². The molecule has 2 aromatic carbocycles. The topological polar surface area (TPSA) is 54.3 Å². The standard InChI is InChI=1S/C17H18N2O2/c1-13-6-7-17(20-2)14(10-13)12-19-15-4-3-5-16(11-15)21-9-8-18/h3-7,10-11,19H,9,12H2,1-2H3. The Labute approximate surface area is 124 Å². The molecule has 0 fully saturated rings. The van der Waals surface area contributed by atoms with Crippen LogP contribution in [0.3, 0.4) is 0 Å². The second kappa shape index (κ2) is 7.20. The predicted molar refractivity (Wildman–Crippen MR) is 82.6 cm³/mol. The number of nitriles is 1. The maximum absolute atomic E-state index is 8.53. The Morgan fingerprint density at radius 2 is 2.05 bits per heavy atom. The van der Waals surface area contributed by atoms with Crippen LogP contribution in [0.1, 0.15) is 11.1 Å². The Balaban J connectivity index is 2.06. The molecule has 4 nitrogen and oxygen atoms in total. The molecular weight excluding hydrogens is 264 g/mol. The van der Waals surface area contributed by atoms with E-state index < -0.39 is 0 Å². The van der Waals surface area contributed by atoms with E-state index in [1.165, 1.54) is 5.56 Å². The maximum Gasteiger partial charge on any atom is 0.174 e. The third-order valence-electron chi connectivity index (χ3n) is 3.06. The van der Waals surface area contributed by atoms with Crippen LogP contribution in [0.5, 0.6) is 11.5 Å². The predicted octanol–water partition coefficient (Wildman–Crippen LogP) is 3.52. The Morgan fingerprint density at radius 3 is 2.81 bits per heavy atom. The zero-order chi connectivity index (χ0) is 15.1. The van der Waals surface area contributed by atoms with Crippen LogP contribution < -0.4 is 14.8 Å². The molecule has 0 aliphatic carbocycles. The van der Waals surface area contributed by atoms with Crippen molar-refractivity contribution in [1.29, 1.82) is 5.26 Å². The van der Waals surface area contributed by atoms with E-state index in [2.05, 4.69) is 18.3 Å². The minimum Gasteiger partial charge on any atom is -0.496 e. The van der Waals surface area contributed by atoms with Gasteiger partial charge in [-0.15, -0.1) is 0 Å². The molecule has 0 aliphatic heterocycles. The largest absolute Gasteiger partial charge is 0.496 e. The van der Waals surface area contributed by atoms with Crippen molar-refractivity contribution in [2.45, 2.75) is 13.5 Å². The van der Waals surface area contributed by atoms with Crippen molar-refractivity contribution >= 4 is 5.69 Å². The lowest BCUT2D eigenvalue weighted by Crippen LogP contribution is -2.02. The molecule has 0 amide bonds. The van der Waals surface area contributed by atoms with Crippen molar-refractivity contribution in [1.82, 2.24) is 0 Å². The van der Waals surface area contributed by atoms with Gasteiger partial charge < -0.3 is 14.8 Å². The van der Waals surface area contributed by atoms with Gasteiger partial charge in [0.25, 0.3) is 0 Å². The molecule has 0 saturated carbocycles. The maximum atomic E-state index is 8.53. The van der Waals surface area contributed by atoms with E-state index in [4.69, 9.17) is 14.7 Å². The van der Waals surface area contributed by atoms with E-state index in [0.717, 1.165) is 17.0 Å². The lowest BCUT2D eigenvalue weighted by Gasteiger charge is -2.12. The van der Waals surface area contributed by atoms with E-state index in [1.807, 2.05) is 42.5 Å². The molecule has 0 unspecified atom stereocenters. The molecule has 0 radical (unpaired) electrons. The summed E-state index contributed by atoms with van der Waals surface area (Å²) in [6.45, 7) is 2.76. The summed E-state index contributed by atoms with van der Waals surface area (Å²) >= 11 is 0. The van der Waals surface area contributed by atoms with E-state index in [9.17, 15) is 0 Å². The first kappa shape index (κ1) is 14.7. The molecule has 0 atom stereocenters. The average Bonchev–Trinajstić information content (AvgIpc) is 2.51. The van der Waals surface area contributed by atoms with Gasteiger partial charge in [0.1, 0.15) is 17.6 Å². The highest BCUT2D eigenvalue weighted by Gasteiger charge is 2.03. The zero-order valence-corrected chi connectivity index (χ0v) is 12.2. The van der Waals surface area contributed by atoms with Crippen molar-refractivity contribution < 1.29 is 9.47 Å². The number of hydrogen-bond acceptors (Lipinski definition) is 4. The highest BCUT2D eigenvalue weighted by atomic mass is 16.5. The Kier molecular flexibility index (Phi) is 5.05. The molecule has 2 rings (SSSR count). The van der Waals surface area contributed by atoms with Crippen LogP contribution in [0.2, 0.25) is 0 Å². The molecule has 21 heavy (non-hydrogen) atoms. The summed E-state index contributed by atoms with van der Waals surface area (Å²) < 4.78 is 10.7. The van der Waals surface area contributed by atoms with E-state index in [0.29, 0.717) is 12.3 Å². The number of nitrogens with one attached hydrogen (secondary N) is 1. The van der Waals surface area contributed by atoms with Gasteiger partial charge in [0.2, 0.25) is 0 Å². The van der Waals surface area contributed by atoms with Crippen LogP contribution in [0.25, 0.3) is 0 Å². The summed E-state index contributed by atoms with van der Waals surface area (Å²) in [4.78, 5) is 0. The molecule has 0 saturated heterocycles. The molecule has 0 heterocycles. The van der Waals surface area contributed by atoms with Crippen molar-refractivity contribution in [2.75, 3.05) is 19.0 Å². The van der Waals surface area contributed by atoms with Crippen molar-refractivity contribution in [2.24, 2.45) is 0 Å². The van der Waals surface area contributed by atoms with Crippen LogP contribution in [-0.4, -0.2) is 13.7 Å². The quantitative estimate of drug-likeness (QED) is 0.880. The molecule has 0 bridgehead atoms. The van der Waals surface area contributed by atoms with Gasteiger partial charge in [0.15, 0.2) is 6.61 Å². The van der Waals surface area contributed by atoms with E-state index in [-0.39, 0.29) is 6.61 Å². The summed E-state index contributed by atoms with van der Waals surface area (Å²) in [6.07, 6.45) is 0. The number of benzene rings is 2. The van der Waals surface area contributed by atoms with E-state index >= 15 is 0 Å². The van der Waals surface area contributed by atoms with Gasteiger partial charge in [-0.3, -0.25) is 0 Å². The zero-order valence-electron chi connectivity index (χ0n) is 12.2.